The van der Waals surface area contributed by atoms with E-state index in [2.05, 4.69) is 15.6 Å². The topological polar surface area (TPSA) is 59.3 Å². The summed E-state index contributed by atoms with van der Waals surface area (Å²) in [5, 5.41) is 8.35. The van der Waals surface area contributed by atoms with E-state index in [0.717, 1.165) is 22.7 Å². The monoisotopic (exact) mass is 270 g/mol. The van der Waals surface area contributed by atoms with Crippen LogP contribution in [-0.4, -0.2) is 21.4 Å². The molecule has 0 radical (unpaired) electrons. The van der Waals surface area contributed by atoms with Crippen LogP contribution in [0.2, 0.25) is 0 Å². The van der Waals surface area contributed by atoms with Gasteiger partial charge in [-0.05, 0) is 32.4 Å². The van der Waals surface area contributed by atoms with E-state index in [0.29, 0.717) is 0 Å². The third-order valence-corrected chi connectivity index (χ3v) is 2.94. The van der Waals surface area contributed by atoms with E-state index in [-0.39, 0.29) is 12.5 Å². The van der Waals surface area contributed by atoms with Crippen LogP contribution < -0.4 is 5.43 Å². The average molecular weight is 270 g/mol. The minimum atomic E-state index is -0.188. The number of carbonyl (C=O) groups excluding carboxylic acids is 1. The van der Waals surface area contributed by atoms with Crippen molar-refractivity contribution in [2.75, 3.05) is 0 Å². The van der Waals surface area contributed by atoms with Gasteiger partial charge in [-0.25, -0.2) is 5.43 Å². The van der Waals surface area contributed by atoms with Crippen molar-refractivity contribution in [1.29, 1.82) is 0 Å². The number of aryl methyl sites for hydroxylation is 2. The molecule has 5 heteroatoms. The zero-order chi connectivity index (χ0) is 14.5. The van der Waals surface area contributed by atoms with Gasteiger partial charge in [-0.2, -0.15) is 10.2 Å². The number of hydrazone groups is 1. The maximum absolute atomic E-state index is 11.8. The third-order valence-electron chi connectivity index (χ3n) is 2.94. The summed E-state index contributed by atoms with van der Waals surface area (Å²) in [6.07, 6.45) is 0. The molecule has 104 valence electrons. The summed E-state index contributed by atoms with van der Waals surface area (Å²) in [5.74, 6) is -0.188. The van der Waals surface area contributed by atoms with Crippen LogP contribution in [0.25, 0.3) is 0 Å². The highest BCUT2D eigenvalue weighted by Gasteiger charge is 2.06. The van der Waals surface area contributed by atoms with Crippen LogP contribution in [0.1, 0.15) is 23.9 Å². The fourth-order valence-corrected chi connectivity index (χ4v) is 1.90. The first kappa shape index (κ1) is 14.0. The molecule has 1 amide bonds. The second-order valence-electron chi connectivity index (χ2n) is 4.68. The van der Waals surface area contributed by atoms with Crippen LogP contribution in [0.5, 0.6) is 0 Å². The number of nitrogens with one attached hydrogen (secondary N) is 1. The Labute approximate surface area is 118 Å². The van der Waals surface area contributed by atoms with Gasteiger partial charge in [0.2, 0.25) is 0 Å². The lowest BCUT2D eigenvalue weighted by atomic mass is 10.1. The highest BCUT2D eigenvalue weighted by atomic mass is 16.2. The van der Waals surface area contributed by atoms with Crippen molar-refractivity contribution in [2.45, 2.75) is 27.3 Å². The molecule has 0 unspecified atom stereocenters. The van der Waals surface area contributed by atoms with Gasteiger partial charge in [0.05, 0.1) is 11.4 Å². The first-order valence-corrected chi connectivity index (χ1v) is 6.46. The summed E-state index contributed by atoms with van der Waals surface area (Å²) in [6, 6.07) is 11.7. The highest BCUT2D eigenvalue weighted by Crippen LogP contribution is 2.02. The molecule has 1 aromatic heterocycles. The molecular weight excluding hydrogens is 252 g/mol. The van der Waals surface area contributed by atoms with E-state index in [9.17, 15) is 4.79 Å². The maximum Gasteiger partial charge on any atom is 0.261 e. The molecule has 1 aromatic carbocycles. The number of hydrogen-bond acceptors (Lipinski definition) is 3. The number of aromatic nitrogens is 2. The Morgan fingerprint density at radius 3 is 2.60 bits per heavy atom. The zero-order valence-electron chi connectivity index (χ0n) is 11.9. The van der Waals surface area contributed by atoms with E-state index in [4.69, 9.17) is 0 Å². The summed E-state index contributed by atoms with van der Waals surface area (Å²) < 4.78 is 1.66. The summed E-state index contributed by atoms with van der Waals surface area (Å²) in [7, 11) is 0. The second kappa shape index (κ2) is 6.14. The maximum atomic E-state index is 11.8. The van der Waals surface area contributed by atoms with Gasteiger partial charge in [0, 0.05) is 5.69 Å². The zero-order valence-corrected chi connectivity index (χ0v) is 11.9. The molecule has 0 atom stereocenters. The number of benzene rings is 1. The van der Waals surface area contributed by atoms with Crippen molar-refractivity contribution in [3.05, 3.63) is 53.3 Å². The SMILES string of the molecule is CC(=NNC(=O)Cn1nc(C)cc1C)c1ccccc1. The summed E-state index contributed by atoms with van der Waals surface area (Å²) in [4.78, 5) is 11.8. The van der Waals surface area contributed by atoms with Gasteiger partial charge in [-0.3, -0.25) is 9.48 Å². The fraction of sp³-hybridized carbons (Fsp3) is 0.267. The molecule has 0 fully saturated rings. The Morgan fingerprint density at radius 1 is 1.30 bits per heavy atom. The average Bonchev–Trinajstić information content (AvgIpc) is 2.75. The van der Waals surface area contributed by atoms with Crippen LogP contribution in [0.15, 0.2) is 41.5 Å². The minimum absolute atomic E-state index is 0.172. The lowest BCUT2D eigenvalue weighted by Gasteiger charge is -2.04. The Hall–Kier alpha value is -2.43. The molecular formula is C15H18N4O. The van der Waals surface area contributed by atoms with E-state index < -0.39 is 0 Å². The molecule has 0 aliphatic rings. The van der Waals surface area contributed by atoms with Crippen LogP contribution in [-0.2, 0) is 11.3 Å². The number of nitrogens with zero attached hydrogens (tertiary/aromatic N) is 3. The second-order valence-corrected chi connectivity index (χ2v) is 4.68. The van der Waals surface area contributed by atoms with E-state index in [1.54, 1.807) is 4.68 Å². The Bertz CT molecular complexity index is 629. The first-order chi connectivity index (χ1) is 9.56. The van der Waals surface area contributed by atoms with Gasteiger partial charge in [0.15, 0.2) is 0 Å². The molecule has 0 aliphatic carbocycles. The number of amides is 1. The number of carbonyl (C=O) groups is 1. The molecule has 5 nitrogen and oxygen atoms in total. The number of rotatable bonds is 4. The van der Waals surface area contributed by atoms with Crippen molar-refractivity contribution in [3.8, 4) is 0 Å². The van der Waals surface area contributed by atoms with E-state index >= 15 is 0 Å². The molecule has 0 saturated carbocycles. The summed E-state index contributed by atoms with van der Waals surface area (Å²) in [6.45, 7) is 5.86. The minimum Gasteiger partial charge on any atom is -0.271 e. The van der Waals surface area contributed by atoms with Crippen LogP contribution in [0, 0.1) is 13.8 Å². The van der Waals surface area contributed by atoms with Gasteiger partial charge in [-0.1, -0.05) is 30.3 Å². The molecule has 2 aromatic rings. The van der Waals surface area contributed by atoms with Gasteiger partial charge < -0.3 is 0 Å². The normalized spacial score (nSPS) is 11.4. The van der Waals surface area contributed by atoms with E-state index in [1.807, 2.05) is 57.2 Å². The molecule has 0 aliphatic heterocycles. The van der Waals surface area contributed by atoms with Gasteiger partial charge >= 0.3 is 0 Å². The lowest BCUT2D eigenvalue weighted by molar-refractivity contribution is -0.121. The first-order valence-electron chi connectivity index (χ1n) is 6.46. The van der Waals surface area contributed by atoms with Crippen LogP contribution in [0.3, 0.4) is 0 Å². The molecule has 0 saturated heterocycles. The quantitative estimate of drug-likeness (QED) is 0.682. The Kier molecular flexibility index (Phi) is 4.30. The molecule has 1 N–H and O–H groups in total. The van der Waals surface area contributed by atoms with Crippen molar-refractivity contribution in [3.63, 3.8) is 0 Å². The highest BCUT2D eigenvalue weighted by molar-refractivity contribution is 5.99. The summed E-state index contributed by atoms with van der Waals surface area (Å²) >= 11 is 0. The van der Waals surface area contributed by atoms with Crippen molar-refractivity contribution in [1.82, 2.24) is 15.2 Å². The third kappa shape index (κ3) is 3.54. The van der Waals surface area contributed by atoms with Gasteiger partial charge in [-0.15, -0.1) is 0 Å². The molecule has 0 spiro atoms. The Balaban J connectivity index is 1.97. The van der Waals surface area contributed by atoms with Crippen LogP contribution >= 0.6 is 0 Å². The standard InChI is InChI=1S/C15H18N4O/c1-11-9-12(2)19(18-11)10-15(20)17-16-13(3)14-7-5-4-6-8-14/h4-9H,10H2,1-3H3,(H,17,20). The number of hydrogen-bond donors (Lipinski definition) is 1. The van der Waals surface area contributed by atoms with Crippen molar-refractivity contribution < 1.29 is 4.79 Å². The van der Waals surface area contributed by atoms with Gasteiger partial charge in [0.25, 0.3) is 5.91 Å². The fourth-order valence-electron chi connectivity index (χ4n) is 1.90. The van der Waals surface area contributed by atoms with Crippen molar-refractivity contribution >= 4 is 11.6 Å². The van der Waals surface area contributed by atoms with E-state index in [1.165, 1.54) is 0 Å². The predicted molar refractivity (Wildman–Crippen MR) is 78.5 cm³/mol. The summed E-state index contributed by atoms with van der Waals surface area (Å²) in [5.41, 5.74) is 6.17. The largest absolute Gasteiger partial charge is 0.271 e. The molecule has 20 heavy (non-hydrogen) atoms. The molecule has 1 heterocycles. The van der Waals surface area contributed by atoms with Crippen LogP contribution in [0.4, 0.5) is 0 Å². The predicted octanol–water partition coefficient (Wildman–Crippen LogP) is 2.04. The Morgan fingerprint density at radius 2 is 2.00 bits per heavy atom. The van der Waals surface area contributed by atoms with Gasteiger partial charge in [0.1, 0.15) is 6.54 Å². The van der Waals surface area contributed by atoms with Crippen molar-refractivity contribution in [2.24, 2.45) is 5.10 Å². The molecule has 0 bridgehead atoms. The lowest BCUT2D eigenvalue weighted by Crippen LogP contribution is -2.25. The smallest absolute Gasteiger partial charge is 0.261 e. The molecule has 2 rings (SSSR count).